The first-order valence-electron chi connectivity index (χ1n) is 9.38. The van der Waals surface area contributed by atoms with Gasteiger partial charge in [-0.05, 0) is 56.7 Å². The average Bonchev–Trinajstić information content (AvgIpc) is 3.14. The molecule has 0 aromatic heterocycles. The van der Waals surface area contributed by atoms with E-state index >= 15 is 0 Å². The Bertz CT molecular complexity index is 875. The van der Waals surface area contributed by atoms with Gasteiger partial charge >= 0.3 is 5.97 Å². The molecule has 146 valence electrons. The molecule has 2 aromatic carbocycles. The number of esters is 1. The van der Waals surface area contributed by atoms with E-state index < -0.39 is 12.1 Å². The molecule has 6 heteroatoms. The average molecular weight is 381 g/mol. The highest BCUT2D eigenvalue weighted by atomic mass is 16.5. The number of amides is 1. The molecule has 0 spiro atoms. The fourth-order valence-corrected chi connectivity index (χ4v) is 3.18. The molecule has 1 aliphatic heterocycles. The summed E-state index contributed by atoms with van der Waals surface area (Å²) in [7, 11) is 0. The summed E-state index contributed by atoms with van der Waals surface area (Å²) in [5.41, 5.74) is 1.24. The lowest BCUT2D eigenvalue weighted by atomic mass is 10.1. The molecular formula is C22H23NO5. The van der Waals surface area contributed by atoms with Crippen LogP contribution in [0.2, 0.25) is 0 Å². The van der Waals surface area contributed by atoms with E-state index in [0.29, 0.717) is 36.6 Å². The van der Waals surface area contributed by atoms with Crippen molar-refractivity contribution in [2.45, 2.75) is 32.8 Å². The summed E-state index contributed by atoms with van der Waals surface area (Å²) >= 11 is 0. The third kappa shape index (κ3) is 4.22. The van der Waals surface area contributed by atoms with Gasteiger partial charge in [-0.3, -0.25) is 9.59 Å². The van der Waals surface area contributed by atoms with Gasteiger partial charge in [-0.1, -0.05) is 12.1 Å². The molecule has 1 atom stereocenters. The maximum Gasteiger partial charge on any atom is 0.340 e. The topological polar surface area (TPSA) is 72.9 Å². The maximum atomic E-state index is 12.7. The van der Waals surface area contributed by atoms with Crippen molar-refractivity contribution < 1.29 is 23.9 Å². The number of ether oxygens (including phenoxy) is 2. The van der Waals surface area contributed by atoms with Gasteiger partial charge in [0.25, 0.3) is 0 Å². The van der Waals surface area contributed by atoms with Crippen LogP contribution < -0.4 is 9.64 Å². The number of carbonyl (C=O) groups excluding carboxylic acids is 3. The van der Waals surface area contributed by atoms with Crippen molar-refractivity contribution in [1.29, 1.82) is 0 Å². The predicted octanol–water partition coefficient (Wildman–Crippen LogP) is 3.64. The van der Waals surface area contributed by atoms with Gasteiger partial charge in [0.1, 0.15) is 5.75 Å². The van der Waals surface area contributed by atoms with E-state index in [0.717, 1.165) is 6.42 Å². The maximum absolute atomic E-state index is 12.7. The first-order chi connectivity index (χ1) is 13.5. The Morgan fingerprint density at radius 3 is 2.46 bits per heavy atom. The van der Waals surface area contributed by atoms with E-state index in [1.54, 1.807) is 60.4 Å². The van der Waals surface area contributed by atoms with Gasteiger partial charge in [0.2, 0.25) is 11.7 Å². The number of carbonyl (C=O) groups is 3. The Morgan fingerprint density at radius 1 is 1.11 bits per heavy atom. The van der Waals surface area contributed by atoms with Gasteiger partial charge < -0.3 is 14.4 Å². The van der Waals surface area contributed by atoms with E-state index in [-0.39, 0.29) is 17.3 Å². The zero-order valence-corrected chi connectivity index (χ0v) is 16.0. The lowest BCUT2D eigenvalue weighted by Gasteiger charge is -2.20. The minimum absolute atomic E-state index is 0.0150. The molecule has 1 heterocycles. The van der Waals surface area contributed by atoms with Crippen LogP contribution in [0.1, 0.15) is 47.4 Å². The van der Waals surface area contributed by atoms with Gasteiger partial charge in [0.05, 0.1) is 17.9 Å². The van der Waals surface area contributed by atoms with E-state index in [1.807, 2.05) is 6.92 Å². The molecule has 0 bridgehead atoms. The number of para-hydroxylation sites is 1. The molecule has 0 unspecified atom stereocenters. The molecule has 1 saturated heterocycles. The Balaban J connectivity index is 1.72. The molecule has 28 heavy (non-hydrogen) atoms. The molecule has 0 saturated carbocycles. The van der Waals surface area contributed by atoms with Crippen LogP contribution in [0.4, 0.5) is 5.69 Å². The van der Waals surface area contributed by atoms with Crippen LogP contribution in [0, 0.1) is 0 Å². The van der Waals surface area contributed by atoms with E-state index in [9.17, 15) is 14.4 Å². The van der Waals surface area contributed by atoms with Gasteiger partial charge in [-0.15, -0.1) is 0 Å². The zero-order chi connectivity index (χ0) is 20.1. The lowest BCUT2D eigenvalue weighted by molar-refractivity contribution is -0.117. The largest absolute Gasteiger partial charge is 0.494 e. The highest BCUT2D eigenvalue weighted by Gasteiger charge is 2.28. The number of anilines is 1. The molecule has 0 aliphatic carbocycles. The van der Waals surface area contributed by atoms with Crippen molar-refractivity contribution in [2.75, 3.05) is 18.1 Å². The first-order valence-corrected chi connectivity index (χ1v) is 9.38. The van der Waals surface area contributed by atoms with Crippen LogP contribution in [0.3, 0.4) is 0 Å². The second kappa shape index (κ2) is 8.69. The fourth-order valence-electron chi connectivity index (χ4n) is 3.18. The molecule has 1 amide bonds. The minimum Gasteiger partial charge on any atom is -0.494 e. The summed E-state index contributed by atoms with van der Waals surface area (Å²) in [4.78, 5) is 38.9. The highest BCUT2D eigenvalue weighted by molar-refractivity contribution is 6.05. The number of hydrogen-bond donors (Lipinski definition) is 0. The Kier molecular flexibility index (Phi) is 6.09. The van der Waals surface area contributed by atoms with Crippen molar-refractivity contribution >= 4 is 23.3 Å². The monoisotopic (exact) mass is 381 g/mol. The standard InChI is InChI=1S/C22H23NO5/c1-3-27-17-12-10-16(11-13-17)21(25)15(2)28-22(26)18-7-4-5-8-19(18)23-14-6-9-20(23)24/h4-5,7-8,10-13,15H,3,6,9,14H2,1-2H3/t15-/m1/s1. The van der Waals surface area contributed by atoms with Gasteiger partial charge in [0.15, 0.2) is 6.10 Å². The summed E-state index contributed by atoms with van der Waals surface area (Å²) < 4.78 is 10.8. The summed E-state index contributed by atoms with van der Waals surface area (Å²) in [6.45, 7) is 4.54. The SMILES string of the molecule is CCOc1ccc(C(=O)[C@@H](C)OC(=O)c2ccccc2N2CCCC2=O)cc1. The number of benzene rings is 2. The van der Waals surface area contributed by atoms with Crippen LogP contribution in [0.25, 0.3) is 0 Å². The molecule has 3 rings (SSSR count). The van der Waals surface area contributed by atoms with Crippen LogP contribution in [0.5, 0.6) is 5.75 Å². The number of hydrogen-bond acceptors (Lipinski definition) is 5. The minimum atomic E-state index is -0.951. The van der Waals surface area contributed by atoms with Crippen LogP contribution in [0.15, 0.2) is 48.5 Å². The molecule has 2 aromatic rings. The number of rotatable bonds is 7. The van der Waals surface area contributed by atoms with Crippen LogP contribution in [-0.2, 0) is 9.53 Å². The normalized spacial score (nSPS) is 14.6. The Labute approximate surface area is 164 Å². The Hall–Kier alpha value is -3.15. The highest BCUT2D eigenvalue weighted by Crippen LogP contribution is 2.26. The summed E-state index contributed by atoms with van der Waals surface area (Å²) in [6, 6.07) is 13.5. The predicted molar refractivity (Wildman–Crippen MR) is 105 cm³/mol. The fraction of sp³-hybridized carbons (Fsp3) is 0.318. The molecule has 1 aliphatic rings. The summed E-state index contributed by atoms with van der Waals surface area (Å²) in [6.07, 6.45) is 0.276. The molecule has 1 fully saturated rings. The van der Waals surface area contributed by atoms with Crippen molar-refractivity contribution in [3.63, 3.8) is 0 Å². The quantitative estimate of drug-likeness (QED) is 0.541. The first kappa shape index (κ1) is 19.6. The second-order valence-corrected chi connectivity index (χ2v) is 6.54. The molecule has 0 N–H and O–H groups in total. The number of Topliss-reactive ketones (excluding diaryl/α,β-unsaturated/α-hetero) is 1. The third-order valence-electron chi connectivity index (χ3n) is 4.59. The smallest absolute Gasteiger partial charge is 0.340 e. The van der Waals surface area contributed by atoms with Gasteiger partial charge in [-0.25, -0.2) is 4.79 Å². The van der Waals surface area contributed by atoms with Crippen LogP contribution >= 0.6 is 0 Å². The van der Waals surface area contributed by atoms with Crippen LogP contribution in [-0.4, -0.2) is 36.9 Å². The zero-order valence-electron chi connectivity index (χ0n) is 16.0. The number of ketones is 1. The molecular weight excluding hydrogens is 358 g/mol. The van der Waals surface area contributed by atoms with E-state index in [4.69, 9.17) is 9.47 Å². The van der Waals surface area contributed by atoms with Crippen molar-refractivity contribution in [3.8, 4) is 5.75 Å². The van der Waals surface area contributed by atoms with Crippen molar-refractivity contribution in [3.05, 3.63) is 59.7 Å². The Morgan fingerprint density at radius 2 is 1.82 bits per heavy atom. The van der Waals surface area contributed by atoms with E-state index in [1.165, 1.54) is 0 Å². The van der Waals surface area contributed by atoms with E-state index in [2.05, 4.69) is 0 Å². The summed E-state index contributed by atoms with van der Waals surface area (Å²) in [5, 5.41) is 0. The third-order valence-corrected chi connectivity index (χ3v) is 4.59. The number of nitrogens with zero attached hydrogens (tertiary/aromatic N) is 1. The lowest BCUT2D eigenvalue weighted by Crippen LogP contribution is -2.28. The second-order valence-electron chi connectivity index (χ2n) is 6.54. The van der Waals surface area contributed by atoms with Crippen molar-refractivity contribution in [2.24, 2.45) is 0 Å². The summed E-state index contributed by atoms with van der Waals surface area (Å²) in [5.74, 6) is -0.264. The van der Waals surface area contributed by atoms with Gasteiger partial charge in [-0.2, -0.15) is 0 Å². The molecule has 6 nitrogen and oxygen atoms in total. The molecule has 0 radical (unpaired) electrons. The van der Waals surface area contributed by atoms with Crippen molar-refractivity contribution in [1.82, 2.24) is 0 Å². The van der Waals surface area contributed by atoms with Gasteiger partial charge in [0, 0.05) is 18.5 Å².